The molecule has 0 bridgehead atoms. The third kappa shape index (κ3) is 5.83. The molecule has 1 rings (SSSR count). The van der Waals surface area contributed by atoms with E-state index in [2.05, 4.69) is 6.92 Å². The van der Waals surface area contributed by atoms with Crippen LogP contribution in [0.1, 0.15) is 52.4 Å². The molecule has 106 valence electrons. The van der Waals surface area contributed by atoms with Crippen LogP contribution in [0.5, 0.6) is 0 Å². The second kappa shape index (κ2) is 9.34. The quantitative estimate of drug-likeness (QED) is 0.496. The highest BCUT2D eigenvalue weighted by atomic mass is 16.7. The van der Waals surface area contributed by atoms with Crippen LogP contribution in [0.4, 0.5) is 0 Å². The van der Waals surface area contributed by atoms with Crippen LogP contribution >= 0.6 is 0 Å². The minimum Gasteiger partial charge on any atom is -0.433 e. The first kappa shape index (κ1) is 15.4. The van der Waals surface area contributed by atoms with E-state index < -0.39 is 6.29 Å². The topological polar surface area (TPSA) is 44.8 Å². The largest absolute Gasteiger partial charge is 0.433 e. The maximum Gasteiger partial charge on any atom is 0.311 e. The fourth-order valence-corrected chi connectivity index (χ4v) is 2.07. The van der Waals surface area contributed by atoms with E-state index in [0.29, 0.717) is 19.8 Å². The van der Waals surface area contributed by atoms with Gasteiger partial charge in [0.05, 0.1) is 19.1 Å². The van der Waals surface area contributed by atoms with Gasteiger partial charge in [0.2, 0.25) is 6.29 Å². The lowest BCUT2D eigenvalue weighted by atomic mass is 9.98. The minimum atomic E-state index is -0.504. The van der Waals surface area contributed by atoms with E-state index in [0.717, 1.165) is 19.3 Å². The first-order valence-electron chi connectivity index (χ1n) is 7.17. The van der Waals surface area contributed by atoms with Gasteiger partial charge in [0.25, 0.3) is 0 Å². The molecule has 4 heteroatoms. The Bertz CT molecular complexity index is 224. The molecule has 0 spiro atoms. The van der Waals surface area contributed by atoms with Crippen LogP contribution in [0.2, 0.25) is 0 Å². The number of rotatable bonds is 8. The summed E-state index contributed by atoms with van der Waals surface area (Å²) in [5.41, 5.74) is 0. The van der Waals surface area contributed by atoms with Crippen LogP contribution in [-0.4, -0.2) is 32.1 Å². The molecule has 0 amide bonds. The lowest BCUT2D eigenvalue weighted by Crippen LogP contribution is -2.34. The van der Waals surface area contributed by atoms with E-state index in [1.54, 1.807) is 0 Å². The Balaban J connectivity index is 2.22. The molecule has 18 heavy (non-hydrogen) atoms. The summed E-state index contributed by atoms with van der Waals surface area (Å²) in [6, 6.07) is 0. The van der Waals surface area contributed by atoms with Gasteiger partial charge in [-0.25, -0.2) is 0 Å². The number of hydrogen-bond acceptors (Lipinski definition) is 4. The Hall–Kier alpha value is -0.610. The predicted molar refractivity (Wildman–Crippen MR) is 69.2 cm³/mol. The van der Waals surface area contributed by atoms with Crippen LogP contribution in [0.15, 0.2) is 0 Å². The first-order chi connectivity index (χ1) is 8.77. The number of unbranched alkanes of at least 4 members (excludes halogenated alkanes) is 3. The van der Waals surface area contributed by atoms with Gasteiger partial charge in [-0.3, -0.25) is 4.79 Å². The molecule has 0 aliphatic carbocycles. The summed E-state index contributed by atoms with van der Waals surface area (Å²) in [4.78, 5) is 11.9. The predicted octanol–water partition coefficient (Wildman–Crippen LogP) is 2.90. The second-order valence-corrected chi connectivity index (χ2v) is 4.77. The van der Waals surface area contributed by atoms with Gasteiger partial charge in [-0.15, -0.1) is 0 Å². The zero-order valence-electron chi connectivity index (χ0n) is 11.7. The highest BCUT2D eigenvalue weighted by Crippen LogP contribution is 2.17. The Morgan fingerprint density at radius 1 is 1.28 bits per heavy atom. The standard InChI is InChI=1S/C14H26O4/c1-3-5-6-7-8-12(4-2)14(15)18-13-11-16-9-10-17-13/h12-13H,3-11H2,1-2H3. The van der Waals surface area contributed by atoms with Gasteiger partial charge in [-0.2, -0.15) is 0 Å². The van der Waals surface area contributed by atoms with Gasteiger partial charge in [-0.05, 0) is 12.8 Å². The summed E-state index contributed by atoms with van der Waals surface area (Å²) >= 11 is 0. The Kier molecular flexibility index (Phi) is 8.01. The monoisotopic (exact) mass is 258 g/mol. The SMILES string of the molecule is CCCCCCC(CC)C(=O)OC1COCCO1. The normalized spacial score (nSPS) is 21.6. The maximum absolute atomic E-state index is 11.9. The molecule has 0 aromatic carbocycles. The van der Waals surface area contributed by atoms with Gasteiger partial charge < -0.3 is 14.2 Å². The molecular weight excluding hydrogens is 232 g/mol. The summed E-state index contributed by atoms with van der Waals surface area (Å²) in [6.07, 6.45) is 6.00. The van der Waals surface area contributed by atoms with Crippen molar-refractivity contribution in [2.24, 2.45) is 5.92 Å². The third-order valence-corrected chi connectivity index (χ3v) is 3.27. The summed E-state index contributed by atoms with van der Waals surface area (Å²) in [6.45, 7) is 5.67. The van der Waals surface area contributed by atoms with E-state index in [1.165, 1.54) is 19.3 Å². The second-order valence-electron chi connectivity index (χ2n) is 4.77. The van der Waals surface area contributed by atoms with Crippen molar-refractivity contribution in [2.45, 2.75) is 58.7 Å². The first-order valence-corrected chi connectivity index (χ1v) is 7.17. The number of esters is 1. The minimum absolute atomic E-state index is 0.00684. The molecule has 1 heterocycles. The van der Waals surface area contributed by atoms with E-state index in [1.807, 2.05) is 6.92 Å². The number of ether oxygens (including phenoxy) is 3. The molecule has 0 N–H and O–H groups in total. The van der Waals surface area contributed by atoms with Crippen molar-refractivity contribution in [1.82, 2.24) is 0 Å². The fraction of sp³-hybridized carbons (Fsp3) is 0.929. The molecule has 0 radical (unpaired) electrons. The van der Waals surface area contributed by atoms with Crippen LogP contribution in [0, 0.1) is 5.92 Å². The van der Waals surface area contributed by atoms with Gasteiger partial charge in [0, 0.05) is 0 Å². The van der Waals surface area contributed by atoms with Gasteiger partial charge in [0.1, 0.15) is 6.61 Å². The van der Waals surface area contributed by atoms with Gasteiger partial charge in [-0.1, -0.05) is 39.5 Å². The van der Waals surface area contributed by atoms with E-state index >= 15 is 0 Å². The molecule has 4 nitrogen and oxygen atoms in total. The van der Waals surface area contributed by atoms with Gasteiger partial charge >= 0.3 is 5.97 Å². The molecule has 0 aromatic rings. The highest BCUT2D eigenvalue weighted by molar-refractivity contribution is 5.72. The van der Waals surface area contributed by atoms with Crippen molar-refractivity contribution in [3.05, 3.63) is 0 Å². The zero-order chi connectivity index (χ0) is 13.2. The molecule has 0 aromatic heterocycles. The van der Waals surface area contributed by atoms with E-state index in [4.69, 9.17) is 14.2 Å². The molecular formula is C14H26O4. The van der Waals surface area contributed by atoms with Crippen LogP contribution < -0.4 is 0 Å². The fourth-order valence-electron chi connectivity index (χ4n) is 2.07. The maximum atomic E-state index is 11.9. The summed E-state index contributed by atoms with van der Waals surface area (Å²) in [5.74, 6) is -0.128. The van der Waals surface area contributed by atoms with Crippen molar-refractivity contribution in [1.29, 1.82) is 0 Å². The Labute approximate surface area is 110 Å². The summed E-state index contributed by atoms with van der Waals surface area (Å²) in [5, 5.41) is 0. The molecule has 1 aliphatic rings. The van der Waals surface area contributed by atoms with Crippen molar-refractivity contribution in [2.75, 3.05) is 19.8 Å². The molecule has 2 unspecified atom stereocenters. The van der Waals surface area contributed by atoms with Crippen molar-refractivity contribution in [3.63, 3.8) is 0 Å². The van der Waals surface area contributed by atoms with E-state index in [9.17, 15) is 4.79 Å². The zero-order valence-corrected chi connectivity index (χ0v) is 11.7. The van der Waals surface area contributed by atoms with Gasteiger partial charge in [0.15, 0.2) is 0 Å². The summed E-state index contributed by atoms with van der Waals surface area (Å²) in [7, 11) is 0. The summed E-state index contributed by atoms with van der Waals surface area (Å²) < 4.78 is 15.8. The van der Waals surface area contributed by atoms with Crippen molar-refractivity contribution < 1.29 is 19.0 Å². The number of hydrogen-bond donors (Lipinski definition) is 0. The smallest absolute Gasteiger partial charge is 0.311 e. The highest BCUT2D eigenvalue weighted by Gasteiger charge is 2.24. The lowest BCUT2D eigenvalue weighted by molar-refractivity contribution is -0.217. The molecule has 1 saturated heterocycles. The average Bonchev–Trinajstić information content (AvgIpc) is 2.40. The van der Waals surface area contributed by atoms with Crippen LogP contribution in [0.25, 0.3) is 0 Å². The van der Waals surface area contributed by atoms with Crippen molar-refractivity contribution in [3.8, 4) is 0 Å². The molecule has 2 atom stereocenters. The third-order valence-electron chi connectivity index (χ3n) is 3.27. The molecule has 1 fully saturated rings. The number of carbonyl (C=O) groups excluding carboxylic acids is 1. The van der Waals surface area contributed by atoms with E-state index in [-0.39, 0.29) is 11.9 Å². The van der Waals surface area contributed by atoms with Crippen molar-refractivity contribution >= 4 is 5.97 Å². The molecule has 0 saturated carbocycles. The average molecular weight is 258 g/mol. The van der Waals surface area contributed by atoms with Crippen LogP contribution in [-0.2, 0) is 19.0 Å². The molecule has 1 aliphatic heterocycles. The Morgan fingerprint density at radius 3 is 2.72 bits per heavy atom. The lowest BCUT2D eigenvalue weighted by Gasteiger charge is -2.24. The Morgan fingerprint density at radius 2 is 2.11 bits per heavy atom. The number of carbonyl (C=O) groups is 1. The van der Waals surface area contributed by atoms with Crippen LogP contribution in [0.3, 0.4) is 0 Å².